The fraction of sp³-hybridized carbons (Fsp3) is 0.625. The zero-order valence-corrected chi connectivity index (χ0v) is 9.98. The molecule has 0 fully saturated rings. The highest BCUT2D eigenvalue weighted by Gasteiger charge is 2.27. The summed E-state index contributed by atoms with van der Waals surface area (Å²) < 4.78 is 38.2. The van der Waals surface area contributed by atoms with Crippen molar-refractivity contribution in [2.45, 2.75) is 33.0 Å². The zero-order valence-electron chi connectivity index (χ0n) is 7.82. The van der Waals surface area contributed by atoms with E-state index < -0.39 is 12.6 Å². The fourth-order valence-electron chi connectivity index (χ4n) is 1.13. The lowest BCUT2D eigenvalue weighted by atomic mass is 10.4. The van der Waals surface area contributed by atoms with E-state index in [4.69, 9.17) is 0 Å². The molecule has 6 heteroatoms. The molecule has 1 rings (SSSR count). The van der Waals surface area contributed by atoms with E-state index in [9.17, 15) is 13.2 Å². The van der Waals surface area contributed by atoms with Crippen molar-refractivity contribution >= 4 is 22.6 Å². The molecule has 0 unspecified atom stereocenters. The lowest BCUT2D eigenvalue weighted by Crippen LogP contribution is -2.13. The summed E-state index contributed by atoms with van der Waals surface area (Å²) in [5.74, 6) is 0. The summed E-state index contributed by atoms with van der Waals surface area (Å²) in [6, 6.07) is 0. The van der Waals surface area contributed by atoms with Crippen LogP contribution in [-0.4, -0.2) is 16.0 Å². The molecule has 0 radical (unpaired) electrons. The van der Waals surface area contributed by atoms with Gasteiger partial charge in [-0.25, -0.2) is 0 Å². The maximum absolute atomic E-state index is 11.9. The number of nitrogens with zero attached hydrogens (tertiary/aromatic N) is 2. The van der Waals surface area contributed by atoms with Crippen LogP contribution in [0.25, 0.3) is 0 Å². The first-order chi connectivity index (χ1) is 6.31. The van der Waals surface area contributed by atoms with E-state index in [1.807, 2.05) is 0 Å². The van der Waals surface area contributed by atoms with E-state index in [0.717, 1.165) is 15.0 Å². The van der Waals surface area contributed by atoms with Gasteiger partial charge in [-0.15, -0.1) is 0 Å². The van der Waals surface area contributed by atoms with Gasteiger partial charge in [-0.05, 0) is 36.4 Å². The van der Waals surface area contributed by atoms with Gasteiger partial charge in [-0.1, -0.05) is 0 Å². The van der Waals surface area contributed by atoms with Crippen molar-refractivity contribution in [2.24, 2.45) is 0 Å². The molecule has 0 saturated carbocycles. The lowest BCUT2D eigenvalue weighted by molar-refractivity contribution is -0.137. The van der Waals surface area contributed by atoms with Crippen molar-refractivity contribution in [2.75, 3.05) is 0 Å². The van der Waals surface area contributed by atoms with Crippen LogP contribution in [-0.2, 0) is 6.54 Å². The van der Waals surface area contributed by atoms with Gasteiger partial charge in [-0.3, -0.25) is 4.68 Å². The Balaban J connectivity index is 2.73. The van der Waals surface area contributed by atoms with Crippen LogP contribution in [0.15, 0.2) is 0 Å². The molecule has 1 heterocycles. The van der Waals surface area contributed by atoms with Crippen molar-refractivity contribution in [3.63, 3.8) is 0 Å². The van der Waals surface area contributed by atoms with E-state index in [1.54, 1.807) is 13.8 Å². The van der Waals surface area contributed by atoms with Gasteiger partial charge in [-0.2, -0.15) is 18.3 Å². The lowest BCUT2D eigenvalue weighted by Gasteiger charge is -2.07. The minimum absolute atomic E-state index is 0.0980. The van der Waals surface area contributed by atoms with E-state index in [2.05, 4.69) is 27.7 Å². The van der Waals surface area contributed by atoms with Crippen molar-refractivity contribution in [1.29, 1.82) is 0 Å². The fourth-order valence-corrected chi connectivity index (χ4v) is 1.51. The van der Waals surface area contributed by atoms with Crippen LogP contribution < -0.4 is 0 Å². The highest BCUT2D eigenvalue weighted by atomic mass is 127. The predicted octanol–water partition coefficient (Wildman–Crippen LogP) is 3.06. The topological polar surface area (TPSA) is 17.8 Å². The molecule has 2 nitrogen and oxygen atoms in total. The minimum Gasteiger partial charge on any atom is -0.268 e. The molecule has 14 heavy (non-hydrogen) atoms. The molecule has 0 saturated heterocycles. The van der Waals surface area contributed by atoms with Crippen LogP contribution in [0.3, 0.4) is 0 Å². The molecular weight excluding hydrogens is 308 g/mol. The number of aryl methyl sites for hydroxylation is 2. The molecule has 1 aromatic heterocycles. The Morgan fingerprint density at radius 3 is 2.29 bits per heavy atom. The molecule has 0 atom stereocenters. The van der Waals surface area contributed by atoms with Gasteiger partial charge in [0.25, 0.3) is 0 Å². The first-order valence-corrected chi connectivity index (χ1v) is 5.15. The third-order valence-corrected chi connectivity index (χ3v) is 3.46. The maximum atomic E-state index is 11.9. The number of rotatable bonds is 2. The first-order valence-electron chi connectivity index (χ1n) is 4.07. The Hall–Kier alpha value is -0.270. The van der Waals surface area contributed by atoms with Crippen LogP contribution in [0.2, 0.25) is 0 Å². The number of halogens is 4. The Morgan fingerprint density at radius 2 is 1.93 bits per heavy atom. The van der Waals surface area contributed by atoms with Crippen LogP contribution in [0.4, 0.5) is 13.2 Å². The third-order valence-electron chi connectivity index (χ3n) is 1.90. The third kappa shape index (κ3) is 2.86. The average Bonchev–Trinajstić information content (AvgIpc) is 2.28. The molecule has 0 spiro atoms. The summed E-state index contributed by atoms with van der Waals surface area (Å²) in [5, 5.41) is 4.02. The number of aromatic nitrogens is 2. The second-order valence-corrected chi connectivity index (χ2v) is 4.15. The van der Waals surface area contributed by atoms with Gasteiger partial charge in [0.1, 0.15) is 0 Å². The molecular formula is C8H10F3IN2. The summed E-state index contributed by atoms with van der Waals surface area (Å²) >= 11 is 2.09. The smallest absolute Gasteiger partial charge is 0.268 e. The van der Waals surface area contributed by atoms with Crippen molar-refractivity contribution in [3.8, 4) is 0 Å². The number of hydrogen-bond acceptors (Lipinski definition) is 1. The highest BCUT2D eigenvalue weighted by molar-refractivity contribution is 14.1. The van der Waals surface area contributed by atoms with E-state index in [0.29, 0.717) is 0 Å². The van der Waals surface area contributed by atoms with Crippen LogP contribution in [0, 0.1) is 17.4 Å². The van der Waals surface area contributed by atoms with E-state index in [1.165, 1.54) is 4.68 Å². The van der Waals surface area contributed by atoms with E-state index >= 15 is 0 Å². The van der Waals surface area contributed by atoms with Crippen molar-refractivity contribution in [3.05, 3.63) is 15.0 Å². The largest absolute Gasteiger partial charge is 0.390 e. The van der Waals surface area contributed by atoms with Gasteiger partial charge in [0.2, 0.25) is 0 Å². The van der Waals surface area contributed by atoms with Crippen LogP contribution in [0.5, 0.6) is 0 Å². The summed E-state index contributed by atoms with van der Waals surface area (Å²) in [5.41, 5.74) is 1.58. The predicted molar refractivity (Wildman–Crippen MR) is 55.1 cm³/mol. The molecule has 1 aromatic rings. The average molecular weight is 318 g/mol. The van der Waals surface area contributed by atoms with Crippen LogP contribution >= 0.6 is 22.6 Å². The quantitative estimate of drug-likeness (QED) is 0.767. The summed E-state index contributed by atoms with van der Waals surface area (Å²) in [7, 11) is 0. The Morgan fingerprint density at radius 1 is 1.36 bits per heavy atom. The van der Waals surface area contributed by atoms with Crippen molar-refractivity contribution < 1.29 is 13.2 Å². The Labute approximate surface area is 93.6 Å². The van der Waals surface area contributed by atoms with Crippen LogP contribution in [0.1, 0.15) is 17.8 Å². The molecule has 0 aromatic carbocycles. The summed E-state index contributed by atoms with van der Waals surface area (Å²) in [6.07, 6.45) is -4.94. The number of alkyl halides is 3. The molecule has 0 aliphatic carbocycles. The van der Waals surface area contributed by atoms with Gasteiger partial charge < -0.3 is 0 Å². The molecule has 80 valence electrons. The van der Waals surface area contributed by atoms with Gasteiger partial charge >= 0.3 is 6.18 Å². The minimum atomic E-state index is -4.11. The second kappa shape index (κ2) is 4.08. The molecule has 0 aliphatic rings. The summed E-state index contributed by atoms with van der Waals surface area (Å²) in [6.45, 7) is 3.47. The van der Waals surface area contributed by atoms with E-state index in [-0.39, 0.29) is 6.54 Å². The Kier molecular flexibility index (Phi) is 3.44. The molecule has 0 amide bonds. The van der Waals surface area contributed by atoms with Gasteiger partial charge in [0, 0.05) is 12.2 Å². The Bertz CT molecular complexity index is 330. The highest BCUT2D eigenvalue weighted by Crippen LogP contribution is 2.22. The first kappa shape index (κ1) is 11.8. The monoisotopic (exact) mass is 318 g/mol. The summed E-state index contributed by atoms with van der Waals surface area (Å²) in [4.78, 5) is 0. The molecule has 0 N–H and O–H groups in total. The molecule has 0 bridgehead atoms. The normalized spacial score (nSPS) is 12.1. The standard InChI is InChI=1S/C8H10F3IN2/c1-5-7(12)6(2)14(13-5)4-3-8(9,10)11/h3-4H2,1-2H3. The second-order valence-electron chi connectivity index (χ2n) is 3.07. The van der Waals surface area contributed by atoms with Crippen molar-refractivity contribution in [1.82, 2.24) is 9.78 Å². The number of hydrogen-bond donors (Lipinski definition) is 0. The van der Waals surface area contributed by atoms with Gasteiger partial charge in [0.15, 0.2) is 0 Å². The molecule has 0 aliphatic heterocycles. The van der Waals surface area contributed by atoms with Gasteiger partial charge in [0.05, 0.1) is 15.7 Å². The SMILES string of the molecule is Cc1nn(CCC(F)(F)F)c(C)c1I. The maximum Gasteiger partial charge on any atom is 0.390 e. The zero-order chi connectivity index (χ0) is 10.9.